The van der Waals surface area contributed by atoms with Crippen molar-refractivity contribution in [2.75, 3.05) is 20.6 Å². The highest BCUT2D eigenvalue weighted by atomic mass is 16.2. The van der Waals surface area contributed by atoms with Crippen molar-refractivity contribution in [2.24, 2.45) is 0 Å². The van der Waals surface area contributed by atoms with Crippen LogP contribution in [0, 0.1) is 0 Å². The first-order valence-electron chi connectivity index (χ1n) is 13.1. The molecule has 4 aromatic rings. The molecule has 0 aliphatic rings. The fraction of sp³-hybridized carbons (Fsp3) is 0.281. The van der Waals surface area contributed by atoms with Gasteiger partial charge in [-0.1, -0.05) is 85.8 Å². The van der Waals surface area contributed by atoms with Crippen LogP contribution in [0.5, 0.6) is 0 Å². The van der Waals surface area contributed by atoms with Crippen LogP contribution in [0.2, 0.25) is 0 Å². The molecule has 3 aromatic carbocycles. The molecule has 2 N–H and O–H groups in total. The molecular formula is C32H36N4O2. The van der Waals surface area contributed by atoms with Gasteiger partial charge in [-0.3, -0.25) is 14.6 Å². The van der Waals surface area contributed by atoms with Gasteiger partial charge >= 0.3 is 0 Å². The Morgan fingerprint density at radius 1 is 0.895 bits per heavy atom. The van der Waals surface area contributed by atoms with Crippen LogP contribution < -0.4 is 10.6 Å². The Kier molecular flexibility index (Phi) is 9.22. The van der Waals surface area contributed by atoms with Gasteiger partial charge in [0.25, 0.3) is 0 Å². The maximum absolute atomic E-state index is 13.6. The molecule has 1 aromatic heterocycles. The maximum atomic E-state index is 13.6. The van der Waals surface area contributed by atoms with Crippen molar-refractivity contribution in [3.05, 3.63) is 114 Å². The summed E-state index contributed by atoms with van der Waals surface area (Å²) in [5, 5.41) is 8.56. The van der Waals surface area contributed by atoms with Crippen LogP contribution >= 0.6 is 0 Å². The van der Waals surface area contributed by atoms with Gasteiger partial charge in [0.15, 0.2) is 0 Å². The predicted molar refractivity (Wildman–Crippen MR) is 153 cm³/mol. The molecule has 0 saturated carbocycles. The van der Waals surface area contributed by atoms with Crippen LogP contribution in [0.25, 0.3) is 10.8 Å². The molecule has 0 bridgehead atoms. The summed E-state index contributed by atoms with van der Waals surface area (Å²) in [6.07, 6.45) is 2.82. The molecule has 0 fully saturated rings. The second-order valence-electron chi connectivity index (χ2n) is 9.74. The highest BCUT2D eigenvalue weighted by Crippen LogP contribution is 2.24. The van der Waals surface area contributed by atoms with Gasteiger partial charge in [-0.15, -0.1) is 0 Å². The number of benzene rings is 3. The van der Waals surface area contributed by atoms with E-state index in [0.717, 1.165) is 27.6 Å². The lowest BCUT2D eigenvalue weighted by molar-refractivity contribution is -0.136. The Bertz CT molecular complexity index is 1340. The topological polar surface area (TPSA) is 74.3 Å². The number of nitrogens with zero attached hydrogens (tertiary/aromatic N) is 2. The Morgan fingerprint density at radius 2 is 1.61 bits per heavy atom. The quantitative estimate of drug-likeness (QED) is 0.316. The lowest BCUT2D eigenvalue weighted by Gasteiger charge is -2.28. The third kappa shape index (κ3) is 6.84. The van der Waals surface area contributed by atoms with Crippen molar-refractivity contribution in [1.82, 2.24) is 20.5 Å². The Balaban J connectivity index is 1.50. The maximum Gasteiger partial charge on any atom is 0.245 e. The summed E-state index contributed by atoms with van der Waals surface area (Å²) in [4.78, 5) is 33.2. The van der Waals surface area contributed by atoms with Crippen molar-refractivity contribution >= 4 is 22.6 Å². The molecule has 4 rings (SSSR count). The molecular weight excluding hydrogens is 472 g/mol. The van der Waals surface area contributed by atoms with Crippen LogP contribution in [0.15, 0.2) is 97.2 Å². The van der Waals surface area contributed by atoms with Crippen LogP contribution in [0.3, 0.4) is 0 Å². The van der Waals surface area contributed by atoms with Gasteiger partial charge in [0.1, 0.15) is 6.04 Å². The van der Waals surface area contributed by atoms with E-state index in [9.17, 15) is 9.59 Å². The van der Waals surface area contributed by atoms with Crippen LogP contribution in [0.1, 0.15) is 29.7 Å². The average molecular weight is 509 g/mol. The first-order valence-corrected chi connectivity index (χ1v) is 13.1. The molecule has 3 atom stereocenters. The van der Waals surface area contributed by atoms with Gasteiger partial charge in [0, 0.05) is 44.2 Å². The van der Waals surface area contributed by atoms with Crippen LogP contribution in [0.4, 0.5) is 0 Å². The first-order chi connectivity index (χ1) is 18.5. The zero-order valence-corrected chi connectivity index (χ0v) is 22.3. The Morgan fingerprint density at radius 3 is 2.32 bits per heavy atom. The molecule has 0 aliphatic carbocycles. The highest BCUT2D eigenvalue weighted by Gasteiger charge is 2.30. The zero-order valence-electron chi connectivity index (χ0n) is 22.3. The largest absolute Gasteiger partial charge is 0.344 e. The first kappa shape index (κ1) is 27.0. The third-order valence-electron chi connectivity index (χ3n) is 7.10. The van der Waals surface area contributed by atoms with E-state index in [1.54, 1.807) is 25.2 Å². The van der Waals surface area contributed by atoms with Crippen molar-refractivity contribution in [2.45, 2.75) is 37.8 Å². The standard InChI is InChI=1S/C32H36N4O2/c1-23(26-17-16-25-13-7-8-14-27(25)22-26)30(33-2)31(37)35-29(21-24-11-5-4-6-12-24)32(38)36(3)20-18-28-15-9-10-19-34-28/h4-17,19,22-23,29-30,33H,18,20-21H2,1-3H3,(H,35,37). The molecule has 6 heteroatoms. The number of carbonyl (C=O) groups is 2. The zero-order chi connectivity index (χ0) is 26.9. The number of carbonyl (C=O) groups excluding carboxylic acids is 2. The van der Waals surface area contributed by atoms with Crippen molar-refractivity contribution in [3.63, 3.8) is 0 Å². The number of likely N-dealkylation sites (N-methyl/N-ethyl adjacent to an activating group) is 2. The number of hydrogen-bond acceptors (Lipinski definition) is 4. The summed E-state index contributed by atoms with van der Waals surface area (Å²) in [6, 6.07) is 28.9. The molecule has 38 heavy (non-hydrogen) atoms. The molecule has 0 aliphatic heterocycles. The number of hydrogen-bond donors (Lipinski definition) is 2. The Hall–Kier alpha value is -4.03. The summed E-state index contributed by atoms with van der Waals surface area (Å²) < 4.78 is 0. The van der Waals surface area contributed by atoms with Crippen molar-refractivity contribution in [1.29, 1.82) is 0 Å². The SMILES string of the molecule is CNC(C(=O)NC(Cc1ccccc1)C(=O)N(C)CCc1ccccn1)C(C)c1ccc2ccccc2c1. The van der Waals surface area contributed by atoms with Gasteiger partial charge in [-0.2, -0.15) is 0 Å². The summed E-state index contributed by atoms with van der Waals surface area (Å²) in [7, 11) is 3.57. The molecule has 0 radical (unpaired) electrons. The van der Waals surface area contributed by atoms with Crippen molar-refractivity contribution < 1.29 is 9.59 Å². The van der Waals surface area contributed by atoms with E-state index in [0.29, 0.717) is 19.4 Å². The third-order valence-corrected chi connectivity index (χ3v) is 7.10. The number of amides is 2. The van der Waals surface area contributed by atoms with Gasteiger partial charge in [-0.25, -0.2) is 0 Å². The number of nitrogens with one attached hydrogen (secondary N) is 2. The van der Waals surface area contributed by atoms with E-state index >= 15 is 0 Å². The second-order valence-corrected chi connectivity index (χ2v) is 9.74. The average Bonchev–Trinajstić information content (AvgIpc) is 2.96. The van der Waals surface area contributed by atoms with E-state index in [4.69, 9.17) is 0 Å². The smallest absolute Gasteiger partial charge is 0.245 e. The monoisotopic (exact) mass is 508 g/mol. The minimum atomic E-state index is -0.682. The van der Waals surface area contributed by atoms with E-state index < -0.39 is 12.1 Å². The molecule has 196 valence electrons. The van der Waals surface area contributed by atoms with E-state index in [-0.39, 0.29) is 17.7 Å². The van der Waals surface area contributed by atoms with Gasteiger partial charge < -0.3 is 15.5 Å². The molecule has 6 nitrogen and oxygen atoms in total. The fourth-order valence-electron chi connectivity index (χ4n) is 4.81. The van der Waals surface area contributed by atoms with Gasteiger partial charge in [0.2, 0.25) is 11.8 Å². The second kappa shape index (κ2) is 13.0. The fourth-order valence-corrected chi connectivity index (χ4v) is 4.81. The van der Waals surface area contributed by atoms with Crippen molar-refractivity contribution in [3.8, 4) is 0 Å². The van der Waals surface area contributed by atoms with Gasteiger partial charge in [-0.05, 0) is 41.1 Å². The van der Waals surface area contributed by atoms with E-state index in [1.807, 2.05) is 67.6 Å². The van der Waals surface area contributed by atoms with Gasteiger partial charge in [0.05, 0.1) is 6.04 Å². The van der Waals surface area contributed by atoms with E-state index in [2.05, 4.69) is 45.9 Å². The van der Waals surface area contributed by atoms with E-state index in [1.165, 1.54) is 0 Å². The minimum absolute atomic E-state index is 0.0982. The number of aromatic nitrogens is 1. The summed E-state index contributed by atoms with van der Waals surface area (Å²) in [5.74, 6) is -0.411. The predicted octanol–water partition coefficient (Wildman–Crippen LogP) is 4.35. The normalized spacial score (nSPS) is 13.4. The Labute approximate surface area is 225 Å². The highest BCUT2D eigenvalue weighted by molar-refractivity contribution is 5.91. The lowest BCUT2D eigenvalue weighted by Crippen LogP contribution is -2.54. The number of rotatable bonds is 11. The molecule has 2 amide bonds. The number of pyridine rings is 1. The minimum Gasteiger partial charge on any atom is -0.344 e. The molecule has 0 saturated heterocycles. The summed E-state index contributed by atoms with van der Waals surface area (Å²) in [5.41, 5.74) is 2.99. The van der Waals surface area contributed by atoms with Crippen LogP contribution in [-0.4, -0.2) is 54.4 Å². The molecule has 0 spiro atoms. The molecule has 3 unspecified atom stereocenters. The summed E-state index contributed by atoms with van der Waals surface area (Å²) >= 11 is 0. The summed E-state index contributed by atoms with van der Waals surface area (Å²) in [6.45, 7) is 2.55. The number of fused-ring (bicyclic) bond motifs is 1. The molecule has 1 heterocycles. The lowest BCUT2D eigenvalue weighted by atomic mass is 9.90. The van der Waals surface area contributed by atoms with Crippen LogP contribution in [-0.2, 0) is 22.4 Å².